The zero-order valence-electron chi connectivity index (χ0n) is 11.6. The minimum atomic E-state index is 0.290. The minimum Gasteiger partial charge on any atom is -0.488 e. The normalized spacial score (nSPS) is 26.9. The maximum atomic E-state index is 6.14. The van der Waals surface area contributed by atoms with Crippen LogP contribution in [0.5, 0.6) is 5.75 Å². The number of hydrogen-bond donors (Lipinski definition) is 1. The molecule has 0 aliphatic heterocycles. The van der Waals surface area contributed by atoms with E-state index in [0.29, 0.717) is 18.1 Å². The fourth-order valence-corrected chi connectivity index (χ4v) is 3.21. The third kappa shape index (κ3) is 3.22. The topological polar surface area (TPSA) is 48.1 Å². The number of ether oxygens (including phenoxy) is 1. The molecule has 100 valence electrons. The highest BCUT2D eigenvalue weighted by Gasteiger charge is 2.33. The Bertz CT molecular complexity index is 403. The fraction of sp³-hybridized carbons (Fsp3) is 0.667. The lowest BCUT2D eigenvalue weighted by molar-refractivity contribution is 0.0553. The monoisotopic (exact) mass is 248 g/mol. The van der Waals surface area contributed by atoms with Gasteiger partial charge in [-0.05, 0) is 42.7 Å². The van der Waals surface area contributed by atoms with Crippen molar-refractivity contribution in [2.75, 3.05) is 0 Å². The van der Waals surface area contributed by atoms with Crippen LogP contribution in [-0.2, 0) is 6.54 Å². The second kappa shape index (κ2) is 5.27. The van der Waals surface area contributed by atoms with Gasteiger partial charge in [-0.1, -0.05) is 20.8 Å². The summed E-state index contributed by atoms with van der Waals surface area (Å²) in [5, 5.41) is 0. The van der Waals surface area contributed by atoms with E-state index in [0.717, 1.165) is 30.2 Å². The van der Waals surface area contributed by atoms with Gasteiger partial charge in [-0.2, -0.15) is 0 Å². The molecule has 1 saturated carbocycles. The molecule has 1 aromatic rings. The Balaban J connectivity index is 2.09. The van der Waals surface area contributed by atoms with E-state index in [1.165, 1.54) is 6.42 Å². The Hall–Kier alpha value is -1.09. The summed E-state index contributed by atoms with van der Waals surface area (Å²) in [6, 6.07) is 3.88. The molecule has 2 unspecified atom stereocenters. The van der Waals surface area contributed by atoms with Crippen molar-refractivity contribution in [3.8, 4) is 5.75 Å². The lowest BCUT2D eigenvalue weighted by Gasteiger charge is -2.39. The first-order chi connectivity index (χ1) is 8.50. The number of aromatic nitrogens is 1. The van der Waals surface area contributed by atoms with Crippen LogP contribution in [0, 0.1) is 11.3 Å². The standard InChI is InChI=1S/C15H24N2O/c1-11-7-12(9-15(2,3)8-11)18-14-5-4-6-17-13(14)10-16/h4-6,11-12H,7-10,16H2,1-3H3. The van der Waals surface area contributed by atoms with Gasteiger partial charge in [0.1, 0.15) is 5.75 Å². The Kier molecular flexibility index (Phi) is 3.91. The summed E-state index contributed by atoms with van der Waals surface area (Å²) in [5.74, 6) is 1.58. The Morgan fingerprint density at radius 2 is 2.22 bits per heavy atom. The molecule has 0 radical (unpaired) electrons. The summed E-state index contributed by atoms with van der Waals surface area (Å²) in [4.78, 5) is 4.27. The van der Waals surface area contributed by atoms with Gasteiger partial charge in [0.05, 0.1) is 11.8 Å². The van der Waals surface area contributed by atoms with Crippen molar-refractivity contribution in [2.24, 2.45) is 17.1 Å². The minimum absolute atomic E-state index is 0.290. The Morgan fingerprint density at radius 1 is 1.44 bits per heavy atom. The molecule has 0 aromatic carbocycles. The highest BCUT2D eigenvalue weighted by Crippen LogP contribution is 2.40. The van der Waals surface area contributed by atoms with Gasteiger partial charge in [-0.25, -0.2) is 0 Å². The summed E-state index contributed by atoms with van der Waals surface area (Å²) in [6.07, 6.45) is 5.57. The zero-order valence-corrected chi connectivity index (χ0v) is 11.6. The van der Waals surface area contributed by atoms with E-state index in [-0.39, 0.29) is 0 Å². The largest absolute Gasteiger partial charge is 0.488 e. The van der Waals surface area contributed by atoms with E-state index in [4.69, 9.17) is 10.5 Å². The van der Waals surface area contributed by atoms with Gasteiger partial charge < -0.3 is 10.5 Å². The summed E-state index contributed by atoms with van der Waals surface area (Å²) < 4.78 is 6.14. The lowest BCUT2D eigenvalue weighted by atomic mass is 9.71. The van der Waals surface area contributed by atoms with Crippen LogP contribution in [0.1, 0.15) is 45.7 Å². The van der Waals surface area contributed by atoms with Crippen molar-refractivity contribution >= 4 is 0 Å². The highest BCUT2D eigenvalue weighted by atomic mass is 16.5. The third-order valence-corrected chi connectivity index (χ3v) is 3.68. The Labute approximate surface area is 110 Å². The molecule has 1 aliphatic rings. The van der Waals surface area contributed by atoms with Crippen LogP contribution in [0.25, 0.3) is 0 Å². The van der Waals surface area contributed by atoms with E-state index >= 15 is 0 Å². The molecule has 0 spiro atoms. The average molecular weight is 248 g/mol. The molecule has 0 saturated heterocycles. The quantitative estimate of drug-likeness (QED) is 0.894. The van der Waals surface area contributed by atoms with Crippen LogP contribution in [0.4, 0.5) is 0 Å². The molecule has 1 aliphatic carbocycles. The predicted molar refractivity (Wildman–Crippen MR) is 73.3 cm³/mol. The van der Waals surface area contributed by atoms with E-state index < -0.39 is 0 Å². The number of nitrogens with zero attached hydrogens (tertiary/aromatic N) is 1. The fourth-order valence-electron chi connectivity index (χ4n) is 3.21. The van der Waals surface area contributed by atoms with Crippen molar-refractivity contribution < 1.29 is 4.74 Å². The zero-order chi connectivity index (χ0) is 13.2. The van der Waals surface area contributed by atoms with Crippen LogP contribution in [0.3, 0.4) is 0 Å². The molecular formula is C15H24N2O. The van der Waals surface area contributed by atoms with Crippen LogP contribution in [-0.4, -0.2) is 11.1 Å². The highest BCUT2D eigenvalue weighted by molar-refractivity contribution is 5.27. The molecular weight excluding hydrogens is 224 g/mol. The smallest absolute Gasteiger partial charge is 0.142 e. The maximum absolute atomic E-state index is 6.14. The van der Waals surface area contributed by atoms with Crippen molar-refractivity contribution in [3.63, 3.8) is 0 Å². The van der Waals surface area contributed by atoms with Crippen molar-refractivity contribution in [1.29, 1.82) is 0 Å². The van der Waals surface area contributed by atoms with Crippen LogP contribution < -0.4 is 10.5 Å². The summed E-state index contributed by atoms with van der Waals surface area (Å²) >= 11 is 0. The average Bonchev–Trinajstić information content (AvgIpc) is 2.27. The number of nitrogens with two attached hydrogens (primary N) is 1. The van der Waals surface area contributed by atoms with Gasteiger partial charge >= 0.3 is 0 Å². The molecule has 0 amide bonds. The van der Waals surface area contributed by atoms with Gasteiger partial charge in [0.25, 0.3) is 0 Å². The lowest BCUT2D eigenvalue weighted by Crippen LogP contribution is -2.34. The first-order valence-corrected chi connectivity index (χ1v) is 6.81. The van der Waals surface area contributed by atoms with Crippen molar-refractivity contribution in [2.45, 2.75) is 52.7 Å². The second-order valence-corrected chi connectivity index (χ2v) is 6.31. The van der Waals surface area contributed by atoms with Gasteiger partial charge in [-0.15, -0.1) is 0 Å². The number of hydrogen-bond acceptors (Lipinski definition) is 3. The van der Waals surface area contributed by atoms with Crippen LogP contribution >= 0.6 is 0 Å². The van der Waals surface area contributed by atoms with E-state index in [1.54, 1.807) is 6.20 Å². The van der Waals surface area contributed by atoms with Crippen molar-refractivity contribution in [1.82, 2.24) is 4.98 Å². The summed E-state index contributed by atoms with van der Waals surface area (Å²) in [6.45, 7) is 7.39. The first-order valence-electron chi connectivity index (χ1n) is 6.81. The molecule has 1 aromatic heterocycles. The Morgan fingerprint density at radius 3 is 2.89 bits per heavy atom. The van der Waals surface area contributed by atoms with Crippen molar-refractivity contribution in [3.05, 3.63) is 24.0 Å². The van der Waals surface area contributed by atoms with E-state index in [1.807, 2.05) is 12.1 Å². The molecule has 2 atom stereocenters. The maximum Gasteiger partial charge on any atom is 0.142 e. The molecule has 1 fully saturated rings. The van der Waals surface area contributed by atoms with E-state index in [2.05, 4.69) is 25.8 Å². The van der Waals surface area contributed by atoms with Crippen LogP contribution in [0.2, 0.25) is 0 Å². The van der Waals surface area contributed by atoms with Gasteiger partial charge in [0.2, 0.25) is 0 Å². The van der Waals surface area contributed by atoms with Crippen LogP contribution in [0.15, 0.2) is 18.3 Å². The summed E-state index contributed by atoms with van der Waals surface area (Å²) in [5.41, 5.74) is 6.92. The molecule has 1 heterocycles. The van der Waals surface area contributed by atoms with Gasteiger partial charge in [0.15, 0.2) is 0 Å². The van der Waals surface area contributed by atoms with E-state index in [9.17, 15) is 0 Å². The molecule has 3 heteroatoms. The molecule has 0 bridgehead atoms. The first kappa shape index (κ1) is 13.3. The molecule has 18 heavy (non-hydrogen) atoms. The number of rotatable bonds is 3. The van der Waals surface area contributed by atoms with Gasteiger partial charge in [-0.3, -0.25) is 4.98 Å². The SMILES string of the molecule is CC1CC(Oc2cccnc2CN)CC(C)(C)C1. The van der Waals surface area contributed by atoms with Gasteiger partial charge in [0, 0.05) is 12.7 Å². The molecule has 2 rings (SSSR count). The number of pyridine rings is 1. The molecule has 3 nitrogen and oxygen atoms in total. The predicted octanol–water partition coefficient (Wildman–Crippen LogP) is 3.13. The summed E-state index contributed by atoms with van der Waals surface area (Å²) in [7, 11) is 0. The molecule has 2 N–H and O–H groups in total. The third-order valence-electron chi connectivity index (χ3n) is 3.68. The second-order valence-electron chi connectivity index (χ2n) is 6.31.